The summed E-state index contributed by atoms with van der Waals surface area (Å²) in [6.07, 6.45) is 2.98. The lowest BCUT2D eigenvalue weighted by molar-refractivity contribution is -0.119. The standard InChI is InChI=1S/C17H23N5O2/c1-10-8-13(15-11(2)20-21(3)16(15)19-10)17(24)22-7-5-4-6-12(22)9-14(18)23/h8,12H,4-7,9H2,1-3H3,(H2,18,23). The lowest BCUT2D eigenvalue weighted by Gasteiger charge is -2.35. The topological polar surface area (TPSA) is 94.1 Å². The quantitative estimate of drug-likeness (QED) is 0.922. The third kappa shape index (κ3) is 2.86. The van der Waals surface area contributed by atoms with E-state index in [9.17, 15) is 9.59 Å². The molecule has 7 nitrogen and oxygen atoms in total. The van der Waals surface area contributed by atoms with Gasteiger partial charge in [0.2, 0.25) is 5.91 Å². The first-order chi connectivity index (χ1) is 11.4. The molecule has 1 aliphatic rings. The molecule has 1 atom stereocenters. The van der Waals surface area contributed by atoms with Crippen LogP contribution in [-0.4, -0.2) is 44.1 Å². The summed E-state index contributed by atoms with van der Waals surface area (Å²) in [5.74, 6) is -0.430. The van der Waals surface area contributed by atoms with Gasteiger partial charge in [-0.05, 0) is 39.2 Å². The normalized spacial score (nSPS) is 18.1. The molecule has 0 spiro atoms. The lowest BCUT2D eigenvalue weighted by Crippen LogP contribution is -2.45. The van der Waals surface area contributed by atoms with Crippen LogP contribution in [0.1, 0.15) is 47.4 Å². The zero-order chi connectivity index (χ0) is 17.4. The van der Waals surface area contributed by atoms with Crippen molar-refractivity contribution in [3.63, 3.8) is 0 Å². The molecular weight excluding hydrogens is 306 g/mol. The highest BCUT2D eigenvalue weighted by atomic mass is 16.2. The number of amides is 2. The first kappa shape index (κ1) is 16.4. The van der Waals surface area contributed by atoms with Crippen molar-refractivity contribution in [3.8, 4) is 0 Å². The van der Waals surface area contributed by atoms with Crippen LogP contribution in [0, 0.1) is 13.8 Å². The number of piperidine rings is 1. The van der Waals surface area contributed by atoms with E-state index in [4.69, 9.17) is 5.73 Å². The van der Waals surface area contributed by atoms with Gasteiger partial charge in [-0.15, -0.1) is 0 Å². The number of nitrogens with two attached hydrogens (primary N) is 1. The Morgan fingerprint density at radius 2 is 2.08 bits per heavy atom. The molecule has 7 heteroatoms. The number of hydrogen-bond acceptors (Lipinski definition) is 4. The fraction of sp³-hybridized carbons (Fsp3) is 0.529. The Kier molecular flexibility index (Phi) is 4.26. The van der Waals surface area contributed by atoms with Gasteiger partial charge < -0.3 is 10.6 Å². The van der Waals surface area contributed by atoms with Crippen molar-refractivity contribution < 1.29 is 9.59 Å². The summed E-state index contributed by atoms with van der Waals surface area (Å²) >= 11 is 0. The monoisotopic (exact) mass is 329 g/mol. The summed E-state index contributed by atoms with van der Waals surface area (Å²) in [5.41, 5.74) is 8.24. The number of carbonyl (C=O) groups is 2. The Morgan fingerprint density at radius 1 is 1.33 bits per heavy atom. The van der Waals surface area contributed by atoms with Gasteiger partial charge in [0, 0.05) is 31.7 Å². The molecule has 3 rings (SSSR count). The van der Waals surface area contributed by atoms with Gasteiger partial charge in [0.05, 0.1) is 16.6 Å². The van der Waals surface area contributed by atoms with Crippen LogP contribution in [0.25, 0.3) is 11.0 Å². The predicted molar refractivity (Wildman–Crippen MR) is 90.5 cm³/mol. The van der Waals surface area contributed by atoms with Crippen LogP contribution in [0.5, 0.6) is 0 Å². The molecule has 2 N–H and O–H groups in total. The SMILES string of the molecule is Cc1cc(C(=O)N2CCCCC2CC(N)=O)c2c(C)nn(C)c2n1. The number of rotatable bonds is 3. The van der Waals surface area contributed by atoms with Crippen molar-refractivity contribution in [1.82, 2.24) is 19.7 Å². The number of aromatic nitrogens is 3. The summed E-state index contributed by atoms with van der Waals surface area (Å²) in [5, 5.41) is 5.18. The van der Waals surface area contributed by atoms with Crippen molar-refractivity contribution in [2.75, 3.05) is 6.54 Å². The van der Waals surface area contributed by atoms with Gasteiger partial charge in [0.15, 0.2) is 5.65 Å². The molecule has 1 fully saturated rings. The van der Waals surface area contributed by atoms with E-state index < -0.39 is 0 Å². The average Bonchev–Trinajstić information content (AvgIpc) is 2.80. The summed E-state index contributed by atoms with van der Waals surface area (Å²) in [7, 11) is 1.83. The first-order valence-corrected chi connectivity index (χ1v) is 8.28. The van der Waals surface area contributed by atoms with Crippen LogP contribution >= 0.6 is 0 Å². The average molecular weight is 329 g/mol. The summed E-state index contributed by atoms with van der Waals surface area (Å²) < 4.78 is 1.70. The Balaban J connectivity index is 2.05. The van der Waals surface area contributed by atoms with Crippen LogP contribution in [0.2, 0.25) is 0 Å². The fourth-order valence-corrected chi connectivity index (χ4v) is 3.61. The summed E-state index contributed by atoms with van der Waals surface area (Å²) in [6, 6.07) is 1.69. The van der Waals surface area contributed by atoms with Crippen LogP contribution in [0.15, 0.2) is 6.07 Å². The van der Waals surface area contributed by atoms with E-state index in [-0.39, 0.29) is 24.3 Å². The Morgan fingerprint density at radius 3 is 2.79 bits per heavy atom. The number of primary amides is 1. The first-order valence-electron chi connectivity index (χ1n) is 8.28. The number of pyridine rings is 1. The molecule has 128 valence electrons. The van der Waals surface area contributed by atoms with Gasteiger partial charge in [-0.2, -0.15) is 5.10 Å². The highest BCUT2D eigenvalue weighted by Crippen LogP contribution is 2.27. The largest absolute Gasteiger partial charge is 0.370 e. The fourth-order valence-electron chi connectivity index (χ4n) is 3.61. The molecule has 24 heavy (non-hydrogen) atoms. The molecule has 3 heterocycles. The second kappa shape index (κ2) is 6.22. The number of fused-ring (bicyclic) bond motifs is 1. The lowest BCUT2D eigenvalue weighted by atomic mass is 9.97. The third-order valence-corrected chi connectivity index (χ3v) is 4.65. The molecule has 0 aliphatic carbocycles. The van der Waals surface area contributed by atoms with Gasteiger partial charge in [0.25, 0.3) is 5.91 Å². The Bertz CT molecular complexity index is 811. The molecule has 0 aromatic carbocycles. The number of aryl methyl sites for hydroxylation is 3. The van der Waals surface area contributed by atoms with Crippen LogP contribution in [0.4, 0.5) is 0 Å². The number of hydrogen-bond donors (Lipinski definition) is 1. The van der Waals surface area contributed by atoms with E-state index in [1.165, 1.54) is 0 Å². The molecule has 0 saturated carbocycles. The highest BCUT2D eigenvalue weighted by Gasteiger charge is 2.30. The van der Waals surface area contributed by atoms with E-state index in [0.29, 0.717) is 17.8 Å². The second-order valence-electron chi connectivity index (χ2n) is 6.54. The van der Waals surface area contributed by atoms with Crippen LogP contribution in [0.3, 0.4) is 0 Å². The molecule has 1 aliphatic heterocycles. The molecular formula is C17H23N5O2. The second-order valence-corrected chi connectivity index (χ2v) is 6.54. The van der Waals surface area contributed by atoms with Crippen molar-refractivity contribution >= 4 is 22.8 Å². The molecule has 1 unspecified atom stereocenters. The molecule has 0 bridgehead atoms. The van der Waals surface area contributed by atoms with E-state index in [0.717, 1.165) is 36.0 Å². The van der Waals surface area contributed by atoms with Gasteiger partial charge in [0.1, 0.15) is 0 Å². The number of carbonyl (C=O) groups excluding carboxylic acids is 2. The molecule has 2 amide bonds. The van der Waals surface area contributed by atoms with E-state index >= 15 is 0 Å². The van der Waals surface area contributed by atoms with Gasteiger partial charge in [-0.1, -0.05) is 0 Å². The maximum atomic E-state index is 13.2. The number of likely N-dealkylation sites (tertiary alicyclic amines) is 1. The molecule has 1 saturated heterocycles. The summed E-state index contributed by atoms with van der Waals surface area (Å²) in [4.78, 5) is 30.9. The maximum absolute atomic E-state index is 13.2. The van der Waals surface area contributed by atoms with Gasteiger partial charge in [-0.3, -0.25) is 14.3 Å². The third-order valence-electron chi connectivity index (χ3n) is 4.65. The molecule has 0 radical (unpaired) electrons. The van der Waals surface area contributed by atoms with E-state index in [1.54, 1.807) is 9.58 Å². The zero-order valence-electron chi connectivity index (χ0n) is 14.4. The summed E-state index contributed by atoms with van der Waals surface area (Å²) in [6.45, 7) is 4.40. The Labute approximate surface area is 140 Å². The van der Waals surface area contributed by atoms with Crippen LogP contribution < -0.4 is 5.73 Å². The van der Waals surface area contributed by atoms with Gasteiger partial charge in [-0.25, -0.2) is 4.98 Å². The van der Waals surface area contributed by atoms with Crippen molar-refractivity contribution in [1.29, 1.82) is 0 Å². The zero-order valence-corrected chi connectivity index (χ0v) is 14.4. The highest BCUT2D eigenvalue weighted by molar-refractivity contribution is 6.06. The van der Waals surface area contributed by atoms with Crippen molar-refractivity contribution in [2.45, 2.75) is 45.6 Å². The van der Waals surface area contributed by atoms with Crippen molar-refractivity contribution in [3.05, 3.63) is 23.0 Å². The molecule has 2 aromatic rings. The number of nitrogens with zero attached hydrogens (tertiary/aromatic N) is 4. The minimum Gasteiger partial charge on any atom is -0.370 e. The van der Waals surface area contributed by atoms with Crippen molar-refractivity contribution in [2.24, 2.45) is 12.8 Å². The smallest absolute Gasteiger partial charge is 0.255 e. The predicted octanol–water partition coefficient (Wildman–Crippen LogP) is 1.46. The van der Waals surface area contributed by atoms with Gasteiger partial charge >= 0.3 is 0 Å². The maximum Gasteiger partial charge on any atom is 0.255 e. The minimum absolute atomic E-state index is 0.0625. The molecule has 2 aromatic heterocycles. The van der Waals surface area contributed by atoms with E-state index in [2.05, 4.69) is 10.1 Å². The van der Waals surface area contributed by atoms with E-state index in [1.807, 2.05) is 27.0 Å². The Hall–Kier alpha value is -2.44. The minimum atomic E-state index is -0.367. The van der Waals surface area contributed by atoms with Crippen LogP contribution in [-0.2, 0) is 11.8 Å².